The molecule has 4 rings (SSSR count). The van der Waals surface area contributed by atoms with Crippen molar-refractivity contribution in [1.82, 2.24) is 24.6 Å². The second-order valence-electron chi connectivity index (χ2n) is 7.67. The van der Waals surface area contributed by atoms with Crippen LogP contribution >= 0.6 is 0 Å². The second kappa shape index (κ2) is 7.88. The third-order valence-corrected chi connectivity index (χ3v) is 5.30. The van der Waals surface area contributed by atoms with E-state index in [1.165, 1.54) is 0 Å². The van der Waals surface area contributed by atoms with Crippen LogP contribution < -0.4 is 4.74 Å². The zero-order chi connectivity index (χ0) is 20.5. The van der Waals surface area contributed by atoms with Gasteiger partial charge in [-0.05, 0) is 32.3 Å². The van der Waals surface area contributed by atoms with E-state index in [2.05, 4.69) is 15.0 Å². The number of aryl methyl sites for hydroxylation is 1. The van der Waals surface area contributed by atoms with Gasteiger partial charge in [0.05, 0.1) is 32.1 Å². The standard InChI is InChI=1S/C21H27N5O3/c1-24(2)13-19-20(14-11-22-25(3)12-14)26(8-9-29-19)21(27)17-10-15-16(23-17)6-5-7-18(15)28-4/h5-7,10-12,19-20,23H,8-9,13H2,1-4H3/t19-,20-/m0/s1. The number of amides is 1. The predicted octanol–water partition coefficient (Wildman–Crippen LogP) is 2.05. The number of nitrogens with zero attached hydrogens (tertiary/aromatic N) is 4. The first-order valence-electron chi connectivity index (χ1n) is 9.69. The Balaban J connectivity index is 1.71. The van der Waals surface area contributed by atoms with Crippen LogP contribution in [0.3, 0.4) is 0 Å². The van der Waals surface area contributed by atoms with E-state index in [0.29, 0.717) is 25.4 Å². The summed E-state index contributed by atoms with van der Waals surface area (Å²) in [5, 5.41) is 5.21. The van der Waals surface area contributed by atoms with E-state index in [4.69, 9.17) is 9.47 Å². The minimum Gasteiger partial charge on any atom is -0.496 e. The molecule has 2 aromatic heterocycles. The van der Waals surface area contributed by atoms with Crippen LogP contribution in [0.5, 0.6) is 5.75 Å². The zero-order valence-electron chi connectivity index (χ0n) is 17.3. The Morgan fingerprint density at radius 2 is 2.24 bits per heavy atom. The molecule has 8 nitrogen and oxygen atoms in total. The van der Waals surface area contributed by atoms with Crippen molar-refractivity contribution in [3.8, 4) is 5.75 Å². The maximum absolute atomic E-state index is 13.5. The summed E-state index contributed by atoms with van der Waals surface area (Å²) < 4.78 is 13.3. The van der Waals surface area contributed by atoms with Crippen molar-refractivity contribution in [1.29, 1.82) is 0 Å². The quantitative estimate of drug-likeness (QED) is 0.713. The van der Waals surface area contributed by atoms with Crippen LogP contribution in [0.2, 0.25) is 0 Å². The highest BCUT2D eigenvalue weighted by Gasteiger charge is 2.38. The van der Waals surface area contributed by atoms with Gasteiger partial charge in [-0.1, -0.05) is 6.07 Å². The maximum atomic E-state index is 13.5. The number of morpholine rings is 1. The molecule has 0 saturated carbocycles. The molecular weight excluding hydrogens is 370 g/mol. The number of carbonyl (C=O) groups excluding carboxylic acids is 1. The summed E-state index contributed by atoms with van der Waals surface area (Å²) in [4.78, 5) is 20.8. The first kappa shape index (κ1) is 19.5. The van der Waals surface area contributed by atoms with Crippen molar-refractivity contribution >= 4 is 16.8 Å². The average molecular weight is 397 g/mol. The lowest BCUT2D eigenvalue weighted by molar-refractivity contribution is -0.0686. The molecule has 29 heavy (non-hydrogen) atoms. The summed E-state index contributed by atoms with van der Waals surface area (Å²) in [5.74, 6) is 0.693. The highest BCUT2D eigenvalue weighted by atomic mass is 16.5. The molecule has 1 aliphatic rings. The number of aromatic amines is 1. The summed E-state index contributed by atoms with van der Waals surface area (Å²) in [6, 6.07) is 7.41. The molecule has 1 aliphatic heterocycles. The van der Waals surface area contributed by atoms with Gasteiger partial charge in [-0.15, -0.1) is 0 Å². The van der Waals surface area contributed by atoms with E-state index in [0.717, 1.165) is 22.2 Å². The Bertz CT molecular complexity index is 1010. The number of methoxy groups -OCH3 is 1. The summed E-state index contributed by atoms with van der Waals surface area (Å²) in [7, 11) is 7.53. The van der Waals surface area contributed by atoms with Crippen molar-refractivity contribution in [2.45, 2.75) is 12.1 Å². The van der Waals surface area contributed by atoms with Crippen LogP contribution in [0.1, 0.15) is 22.1 Å². The van der Waals surface area contributed by atoms with Gasteiger partial charge in [0.15, 0.2) is 0 Å². The zero-order valence-corrected chi connectivity index (χ0v) is 17.3. The SMILES string of the molecule is COc1cccc2[nH]c(C(=O)N3CCO[C@@H](CN(C)C)[C@@H]3c3cnn(C)c3)cc12. The molecule has 2 atom stereocenters. The Labute approximate surface area is 170 Å². The lowest BCUT2D eigenvalue weighted by Gasteiger charge is -2.41. The summed E-state index contributed by atoms with van der Waals surface area (Å²) >= 11 is 0. The molecule has 1 aromatic carbocycles. The largest absolute Gasteiger partial charge is 0.496 e. The van der Waals surface area contributed by atoms with E-state index in [-0.39, 0.29) is 18.1 Å². The highest BCUT2D eigenvalue weighted by Crippen LogP contribution is 2.32. The number of H-pyrrole nitrogens is 1. The van der Waals surface area contributed by atoms with E-state index >= 15 is 0 Å². The summed E-state index contributed by atoms with van der Waals surface area (Å²) in [5.41, 5.74) is 2.40. The van der Waals surface area contributed by atoms with Gasteiger partial charge >= 0.3 is 0 Å². The van der Waals surface area contributed by atoms with Crippen LogP contribution in [-0.2, 0) is 11.8 Å². The van der Waals surface area contributed by atoms with Crippen LogP contribution in [-0.4, -0.2) is 77.5 Å². The van der Waals surface area contributed by atoms with Gasteiger partial charge in [-0.2, -0.15) is 5.10 Å². The van der Waals surface area contributed by atoms with Crippen molar-refractivity contribution in [2.24, 2.45) is 7.05 Å². The van der Waals surface area contributed by atoms with Crippen LogP contribution in [0.4, 0.5) is 0 Å². The number of fused-ring (bicyclic) bond motifs is 1. The van der Waals surface area contributed by atoms with Gasteiger partial charge in [0, 0.05) is 42.8 Å². The van der Waals surface area contributed by atoms with E-state index in [1.54, 1.807) is 11.8 Å². The third kappa shape index (κ3) is 3.73. The summed E-state index contributed by atoms with van der Waals surface area (Å²) in [6.07, 6.45) is 3.64. The number of carbonyl (C=O) groups is 1. The lowest BCUT2D eigenvalue weighted by atomic mass is 10.00. The number of ether oxygens (including phenoxy) is 2. The first-order valence-corrected chi connectivity index (χ1v) is 9.69. The monoisotopic (exact) mass is 397 g/mol. The molecule has 1 N–H and O–H groups in total. The molecule has 0 bridgehead atoms. The van der Waals surface area contributed by atoms with Gasteiger partial charge in [-0.3, -0.25) is 9.48 Å². The number of nitrogens with one attached hydrogen (secondary N) is 1. The number of benzene rings is 1. The second-order valence-corrected chi connectivity index (χ2v) is 7.67. The molecule has 0 aliphatic carbocycles. The molecule has 0 spiro atoms. The molecule has 1 fully saturated rings. The number of likely N-dealkylation sites (N-methyl/N-ethyl adjacent to an activating group) is 1. The van der Waals surface area contributed by atoms with Crippen molar-refractivity contribution in [3.63, 3.8) is 0 Å². The van der Waals surface area contributed by atoms with E-state index in [1.807, 2.05) is 62.7 Å². The van der Waals surface area contributed by atoms with Crippen LogP contribution in [0.25, 0.3) is 10.9 Å². The van der Waals surface area contributed by atoms with Crippen LogP contribution in [0.15, 0.2) is 36.7 Å². The summed E-state index contributed by atoms with van der Waals surface area (Å²) in [6.45, 7) is 1.74. The molecular formula is C21H27N5O3. The molecule has 1 saturated heterocycles. The Hall–Kier alpha value is -2.84. The Morgan fingerprint density at radius 1 is 1.41 bits per heavy atom. The fourth-order valence-corrected chi connectivity index (χ4v) is 4.04. The fourth-order valence-electron chi connectivity index (χ4n) is 4.04. The first-order chi connectivity index (χ1) is 14.0. The van der Waals surface area contributed by atoms with E-state index < -0.39 is 0 Å². The van der Waals surface area contributed by atoms with Gasteiger partial charge in [0.25, 0.3) is 5.91 Å². The molecule has 0 unspecified atom stereocenters. The molecule has 1 amide bonds. The average Bonchev–Trinajstić information content (AvgIpc) is 3.32. The van der Waals surface area contributed by atoms with Gasteiger partial charge in [-0.25, -0.2) is 0 Å². The van der Waals surface area contributed by atoms with Gasteiger partial charge < -0.3 is 24.3 Å². The molecule has 0 radical (unpaired) electrons. The number of hydrogen-bond acceptors (Lipinski definition) is 5. The predicted molar refractivity (Wildman–Crippen MR) is 110 cm³/mol. The molecule has 8 heteroatoms. The van der Waals surface area contributed by atoms with E-state index in [9.17, 15) is 4.79 Å². The minimum atomic E-state index is -0.208. The minimum absolute atomic E-state index is 0.0517. The Kier molecular flexibility index (Phi) is 5.29. The molecule has 3 heterocycles. The maximum Gasteiger partial charge on any atom is 0.270 e. The Morgan fingerprint density at radius 3 is 2.93 bits per heavy atom. The van der Waals surface area contributed by atoms with Crippen LogP contribution in [0, 0.1) is 0 Å². The highest BCUT2D eigenvalue weighted by molar-refractivity contribution is 6.00. The topological polar surface area (TPSA) is 75.6 Å². The van der Waals surface area contributed by atoms with Crippen molar-refractivity contribution in [2.75, 3.05) is 40.9 Å². The fraction of sp³-hybridized carbons (Fsp3) is 0.429. The molecule has 3 aromatic rings. The number of aromatic nitrogens is 3. The molecule has 154 valence electrons. The van der Waals surface area contributed by atoms with Crippen molar-refractivity contribution in [3.05, 3.63) is 47.9 Å². The van der Waals surface area contributed by atoms with Gasteiger partial charge in [0.2, 0.25) is 0 Å². The van der Waals surface area contributed by atoms with Crippen molar-refractivity contribution < 1.29 is 14.3 Å². The number of hydrogen-bond donors (Lipinski definition) is 1. The van der Waals surface area contributed by atoms with Gasteiger partial charge in [0.1, 0.15) is 11.4 Å². The third-order valence-electron chi connectivity index (χ3n) is 5.30. The smallest absolute Gasteiger partial charge is 0.270 e. The number of rotatable bonds is 5. The lowest BCUT2D eigenvalue weighted by Crippen LogP contribution is -2.51. The normalized spacial score (nSPS) is 19.8.